The summed E-state index contributed by atoms with van der Waals surface area (Å²) in [5.41, 5.74) is 1.91. The van der Waals surface area contributed by atoms with Gasteiger partial charge in [-0.15, -0.1) is 0 Å². The van der Waals surface area contributed by atoms with E-state index in [0.717, 1.165) is 16.7 Å². The normalized spacial score (nSPS) is 13.4. The van der Waals surface area contributed by atoms with Crippen molar-refractivity contribution in [2.24, 2.45) is 5.92 Å². The number of rotatable bonds is 5. The number of aromatic nitrogens is 2. The van der Waals surface area contributed by atoms with E-state index < -0.39 is 11.4 Å². The van der Waals surface area contributed by atoms with Crippen molar-refractivity contribution in [3.63, 3.8) is 0 Å². The van der Waals surface area contributed by atoms with Gasteiger partial charge in [-0.05, 0) is 34.7 Å². The lowest BCUT2D eigenvalue weighted by atomic mass is 9.80. The fourth-order valence-corrected chi connectivity index (χ4v) is 3.17. The molecule has 1 amide bonds. The first-order valence-corrected chi connectivity index (χ1v) is 8.71. The molecule has 140 valence electrons. The van der Waals surface area contributed by atoms with Gasteiger partial charge in [-0.25, -0.2) is 9.37 Å². The predicted octanol–water partition coefficient (Wildman–Crippen LogP) is 4.07. The lowest BCUT2D eigenvalue weighted by Crippen LogP contribution is -2.33. The first kappa shape index (κ1) is 18.8. The molecule has 1 atom stereocenters. The minimum atomic E-state index is -1.20. The number of aromatic amines is 1. The maximum atomic E-state index is 13.9. The van der Waals surface area contributed by atoms with Crippen LogP contribution in [0.25, 0.3) is 11.1 Å². The Labute approximate surface area is 157 Å². The van der Waals surface area contributed by atoms with Crippen molar-refractivity contribution in [1.29, 1.82) is 0 Å². The third-order valence-corrected chi connectivity index (χ3v) is 4.68. The number of hydrogen-bond acceptors (Lipinski definition) is 3. The molecule has 0 aliphatic carbocycles. The van der Waals surface area contributed by atoms with E-state index in [1.165, 1.54) is 13.0 Å². The number of anilines is 1. The van der Waals surface area contributed by atoms with Gasteiger partial charge in [0.25, 0.3) is 0 Å². The van der Waals surface area contributed by atoms with Crippen LogP contribution in [0.5, 0.6) is 0 Å². The van der Waals surface area contributed by atoms with Gasteiger partial charge in [0.2, 0.25) is 5.91 Å². The summed E-state index contributed by atoms with van der Waals surface area (Å²) in [7, 11) is 0. The topological polar surface area (TPSA) is 78.0 Å². The molecule has 0 aliphatic rings. The van der Waals surface area contributed by atoms with Crippen LogP contribution in [0.15, 0.2) is 55.0 Å². The number of H-pyrrole nitrogens is 1. The second-order valence-electron chi connectivity index (χ2n) is 6.84. The van der Waals surface area contributed by atoms with E-state index in [9.17, 15) is 14.3 Å². The van der Waals surface area contributed by atoms with E-state index in [1.807, 2.05) is 38.1 Å². The predicted molar refractivity (Wildman–Crippen MR) is 103 cm³/mol. The smallest absolute Gasteiger partial charge is 0.221 e. The SMILES string of the molecule is CC(=O)Nc1cc(-c2ccc(C(O)(c3cnc[nH]3)C(C)C)cc2)ccc1F. The summed E-state index contributed by atoms with van der Waals surface area (Å²) in [6, 6.07) is 12.0. The van der Waals surface area contributed by atoms with Gasteiger partial charge >= 0.3 is 0 Å². The molecule has 1 aromatic heterocycles. The molecule has 3 rings (SSSR count). The highest BCUT2D eigenvalue weighted by Gasteiger charge is 2.36. The van der Waals surface area contributed by atoms with Gasteiger partial charge in [0.05, 0.1) is 23.9 Å². The Balaban J connectivity index is 1.97. The minimum absolute atomic E-state index is 0.0824. The molecule has 0 saturated heterocycles. The highest BCUT2D eigenvalue weighted by atomic mass is 19.1. The number of carbonyl (C=O) groups is 1. The Hall–Kier alpha value is -2.99. The van der Waals surface area contributed by atoms with Crippen LogP contribution < -0.4 is 5.32 Å². The summed E-state index contributed by atoms with van der Waals surface area (Å²) in [5.74, 6) is -0.900. The van der Waals surface area contributed by atoms with Gasteiger partial charge in [0, 0.05) is 6.92 Å². The van der Waals surface area contributed by atoms with Gasteiger partial charge in [0.1, 0.15) is 11.4 Å². The number of nitrogens with one attached hydrogen (secondary N) is 2. The highest BCUT2D eigenvalue weighted by molar-refractivity contribution is 5.89. The van der Waals surface area contributed by atoms with Crippen molar-refractivity contribution < 1.29 is 14.3 Å². The number of imidazole rings is 1. The summed E-state index contributed by atoms with van der Waals surface area (Å²) >= 11 is 0. The number of halogens is 1. The molecule has 0 aliphatic heterocycles. The Morgan fingerprint density at radius 1 is 1.19 bits per heavy atom. The fourth-order valence-electron chi connectivity index (χ4n) is 3.17. The number of aliphatic hydroxyl groups is 1. The van der Waals surface area contributed by atoms with Gasteiger partial charge in [0.15, 0.2) is 0 Å². The Morgan fingerprint density at radius 3 is 2.41 bits per heavy atom. The molecule has 3 N–H and O–H groups in total. The van der Waals surface area contributed by atoms with E-state index in [4.69, 9.17) is 0 Å². The van der Waals surface area contributed by atoms with E-state index in [2.05, 4.69) is 15.3 Å². The molecule has 0 bridgehead atoms. The fraction of sp³-hybridized carbons (Fsp3) is 0.238. The van der Waals surface area contributed by atoms with Gasteiger partial charge in [-0.3, -0.25) is 4.79 Å². The first-order valence-electron chi connectivity index (χ1n) is 8.71. The molecular weight excluding hydrogens is 345 g/mol. The number of nitrogens with zero attached hydrogens (tertiary/aromatic N) is 1. The summed E-state index contributed by atoms with van der Waals surface area (Å²) in [6.45, 7) is 5.21. The third kappa shape index (κ3) is 3.61. The number of carbonyl (C=O) groups excluding carboxylic acids is 1. The average molecular weight is 367 g/mol. The van der Waals surface area contributed by atoms with Crippen LogP contribution in [0.4, 0.5) is 10.1 Å². The Morgan fingerprint density at radius 2 is 1.85 bits per heavy atom. The lowest BCUT2D eigenvalue weighted by molar-refractivity contribution is -0.114. The molecule has 6 heteroatoms. The molecule has 27 heavy (non-hydrogen) atoms. The zero-order valence-corrected chi connectivity index (χ0v) is 15.5. The molecule has 0 radical (unpaired) electrons. The molecule has 3 aromatic rings. The standard InChI is InChI=1S/C21H22FN3O2/c1-13(2)21(27,20-11-23-12-24-20)17-7-4-15(5-8-17)16-6-9-18(22)19(10-16)25-14(3)26/h4-13,27H,1-3H3,(H,23,24)(H,25,26). The maximum Gasteiger partial charge on any atom is 0.221 e. The monoisotopic (exact) mass is 367 g/mol. The van der Waals surface area contributed by atoms with Crippen LogP contribution in [-0.2, 0) is 10.4 Å². The minimum Gasteiger partial charge on any atom is -0.379 e. The van der Waals surface area contributed by atoms with Crippen LogP contribution >= 0.6 is 0 Å². The second kappa shape index (κ2) is 7.32. The number of amides is 1. The van der Waals surface area contributed by atoms with E-state index in [1.54, 1.807) is 24.7 Å². The van der Waals surface area contributed by atoms with E-state index in [0.29, 0.717) is 5.69 Å². The molecule has 0 saturated carbocycles. The molecule has 0 spiro atoms. The summed E-state index contributed by atoms with van der Waals surface area (Å²) in [5, 5.41) is 13.8. The van der Waals surface area contributed by atoms with Gasteiger partial charge in [-0.1, -0.05) is 44.2 Å². The molecule has 1 unspecified atom stereocenters. The summed E-state index contributed by atoms with van der Waals surface area (Å²) < 4.78 is 13.9. The Bertz CT molecular complexity index is 937. The van der Waals surface area contributed by atoms with Gasteiger partial charge < -0.3 is 15.4 Å². The molecule has 2 aromatic carbocycles. The van der Waals surface area contributed by atoms with Crippen LogP contribution in [0.1, 0.15) is 32.0 Å². The molecular formula is C21H22FN3O2. The van der Waals surface area contributed by atoms with Crippen molar-refractivity contribution >= 4 is 11.6 Å². The third-order valence-electron chi connectivity index (χ3n) is 4.68. The maximum absolute atomic E-state index is 13.9. The lowest BCUT2D eigenvalue weighted by Gasteiger charge is -2.31. The quantitative estimate of drug-likeness (QED) is 0.636. The van der Waals surface area contributed by atoms with Crippen molar-refractivity contribution in [3.8, 4) is 11.1 Å². The van der Waals surface area contributed by atoms with Crippen molar-refractivity contribution in [3.05, 3.63) is 72.1 Å². The van der Waals surface area contributed by atoms with Crippen LogP contribution in [0.2, 0.25) is 0 Å². The zero-order valence-electron chi connectivity index (χ0n) is 15.5. The summed E-state index contributed by atoms with van der Waals surface area (Å²) in [4.78, 5) is 18.2. The molecule has 5 nitrogen and oxygen atoms in total. The molecule has 0 fully saturated rings. The zero-order chi connectivity index (χ0) is 19.6. The average Bonchev–Trinajstić information content (AvgIpc) is 3.17. The largest absolute Gasteiger partial charge is 0.379 e. The number of hydrogen-bond donors (Lipinski definition) is 3. The number of benzene rings is 2. The van der Waals surface area contributed by atoms with E-state index in [-0.39, 0.29) is 17.5 Å². The highest BCUT2D eigenvalue weighted by Crippen LogP contribution is 2.36. The van der Waals surface area contributed by atoms with Gasteiger partial charge in [-0.2, -0.15) is 0 Å². The van der Waals surface area contributed by atoms with E-state index >= 15 is 0 Å². The van der Waals surface area contributed by atoms with Crippen LogP contribution in [0.3, 0.4) is 0 Å². The Kier molecular flexibility index (Phi) is 5.10. The van der Waals surface area contributed by atoms with Crippen molar-refractivity contribution in [2.75, 3.05) is 5.32 Å². The van der Waals surface area contributed by atoms with Crippen molar-refractivity contribution in [2.45, 2.75) is 26.4 Å². The van der Waals surface area contributed by atoms with Crippen LogP contribution in [0, 0.1) is 11.7 Å². The van der Waals surface area contributed by atoms with Crippen molar-refractivity contribution in [1.82, 2.24) is 9.97 Å². The second-order valence-corrected chi connectivity index (χ2v) is 6.84. The summed E-state index contributed by atoms with van der Waals surface area (Å²) in [6.07, 6.45) is 3.16. The molecule has 1 heterocycles. The first-order chi connectivity index (χ1) is 12.8. The van der Waals surface area contributed by atoms with Crippen LogP contribution in [-0.4, -0.2) is 21.0 Å².